The molecule has 6 heteroatoms. The number of carbonyl (C=O) groups is 1. The first kappa shape index (κ1) is 29.1. The third-order valence-corrected chi connectivity index (χ3v) is 18.0. The van der Waals surface area contributed by atoms with Crippen LogP contribution in [0.1, 0.15) is 118 Å². The maximum atomic E-state index is 13.0. The van der Waals surface area contributed by atoms with Crippen LogP contribution in [0.5, 0.6) is 0 Å². The molecule has 1 heterocycles. The van der Waals surface area contributed by atoms with E-state index in [4.69, 9.17) is 0 Å². The van der Waals surface area contributed by atoms with Gasteiger partial charge in [0.15, 0.2) is 0 Å². The summed E-state index contributed by atoms with van der Waals surface area (Å²) in [7, 11) is -0.523. The third-order valence-electron chi connectivity index (χ3n) is 13.1. The van der Waals surface area contributed by atoms with Crippen LogP contribution in [0.15, 0.2) is 11.1 Å². The number of amides is 1. The predicted molar refractivity (Wildman–Crippen MR) is 141 cm³/mol. The summed E-state index contributed by atoms with van der Waals surface area (Å²) in [6.07, 6.45) is 19.6. The summed E-state index contributed by atoms with van der Waals surface area (Å²) in [5.74, 6) is 3.97. The second-order valence-corrected chi connectivity index (χ2v) is 17.1. The van der Waals surface area contributed by atoms with Crippen molar-refractivity contribution in [1.82, 2.24) is 3.80 Å². The van der Waals surface area contributed by atoms with E-state index in [0.717, 1.165) is 34.3 Å². The van der Waals surface area contributed by atoms with Gasteiger partial charge in [0, 0.05) is 0 Å². The zero-order chi connectivity index (χ0) is 24.4. The summed E-state index contributed by atoms with van der Waals surface area (Å²) in [5, 5.41) is 2.76. The molecule has 203 valence electrons. The van der Waals surface area contributed by atoms with Gasteiger partial charge in [0.05, 0.1) is 0 Å². The summed E-state index contributed by atoms with van der Waals surface area (Å²) in [6, 6.07) is 0. The molecule has 8 fully saturated rings. The van der Waals surface area contributed by atoms with Crippen molar-refractivity contribution in [2.75, 3.05) is 0 Å². The van der Waals surface area contributed by atoms with Crippen LogP contribution < -0.4 is 28.6 Å². The Balaban J connectivity index is 0.00000140. The Kier molecular flexibility index (Phi) is 7.53. The molecule has 2 nitrogen and oxygen atoms in total. The summed E-state index contributed by atoms with van der Waals surface area (Å²) in [5.41, 5.74) is 6.09. The Labute approximate surface area is 251 Å². The molecule has 2 spiro atoms. The van der Waals surface area contributed by atoms with E-state index in [2.05, 4.69) is 31.5 Å². The Morgan fingerprint density at radius 1 is 0.973 bits per heavy atom. The fourth-order valence-corrected chi connectivity index (χ4v) is 18.8. The molecule has 9 atom stereocenters. The number of hydrogen-bond acceptors (Lipinski definition) is 1. The van der Waals surface area contributed by atoms with Gasteiger partial charge in [0.1, 0.15) is 0 Å². The first-order valence-electron chi connectivity index (χ1n) is 15.5. The second-order valence-electron chi connectivity index (χ2n) is 13.6. The van der Waals surface area contributed by atoms with Crippen molar-refractivity contribution in [3.8, 4) is 0 Å². The number of allylic oxidation sites excluding steroid dienone is 2. The maximum absolute atomic E-state index is 13.0. The Morgan fingerprint density at radius 2 is 1.59 bits per heavy atom. The normalized spacial score (nSPS) is 45.3. The quantitative estimate of drug-likeness (QED) is 0.225. The van der Waals surface area contributed by atoms with Crippen LogP contribution in [0.2, 0.25) is 10.6 Å². The average Bonchev–Trinajstić information content (AvgIpc) is 3.69. The number of hydrogen-bond donors (Lipinski definition) is 1. The van der Waals surface area contributed by atoms with Crippen LogP contribution in [0.25, 0.3) is 0 Å². The topological polar surface area (TPSA) is 29.1 Å². The van der Waals surface area contributed by atoms with E-state index < -0.39 is 8.41 Å². The van der Waals surface area contributed by atoms with Gasteiger partial charge in [-0.15, -0.1) is 0 Å². The molecule has 0 radical (unpaired) electrons. The second kappa shape index (κ2) is 9.57. The number of carbonyl (C=O) groups excluding carboxylic acids is 1. The van der Waals surface area contributed by atoms with Crippen LogP contribution in [-0.2, 0) is 25.5 Å². The Morgan fingerprint density at radius 3 is 2.14 bits per heavy atom. The fourth-order valence-electron chi connectivity index (χ4n) is 12.8. The molecule has 1 amide bonds. The van der Waals surface area contributed by atoms with Crippen molar-refractivity contribution in [1.29, 1.82) is 0 Å². The fraction of sp³-hybridized carbons (Fsp3) is 0.871. The smallest absolute Gasteiger partial charge is 1.00 e. The molecule has 4 bridgehead atoms. The number of halogens is 2. The van der Waals surface area contributed by atoms with Gasteiger partial charge in [-0.2, -0.15) is 0 Å². The van der Waals surface area contributed by atoms with Crippen LogP contribution in [-0.4, -0.2) is 19.5 Å². The standard InChI is InChI=1S/C31H47NOSi.2ClH.Ti/c1-5-8-10-12-13-15-16-20-19(4)34(23(7-3)21(20)17-14-11-9-6-2)31-24-22-18-28(31)26-29(22,27(32)33)30(26,28)25(24)31;;;/h19,22,24-26H,5-18H2,1-4H3,(H2,32,33);2*1H;/q;;;+3/p-3. The molecule has 9 unspecified atom stereocenters. The third kappa shape index (κ3) is 2.73. The van der Waals surface area contributed by atoms with Crippen LogP contribution in [0.4, 0.5) is 0 Å². The van der Waals surface area contributed by atoms with Gasteiger partial charge < -0.3 is 24.8 Å². The van der Waals surface area contributed by atoms with E-state index in [0.29, 0.717) is 16.7 Å². The minimum atomic E-state index is -0.523. The molecule has 8 aliphatic carbocycles. The number of rotatable bonds is 15. The number of unbranched alkanes of at least 4 members (excludes halogenated alkanes) is 8. The Hall–Kier alpha value is 0.591. The van der Waals surface area contributed by atoms with E-state index in [9.17, 15) is 4.79 Å². The van der Waals surface area contributed by atoms with Gasteiger partial charge in [0.25, 0.3) is 0 Å². The molecule has 9 aliphatic rings. The minimum absolute atomic E-state index is 0. The molecule has 0 saturated heterocycles. The van der Waals surface area contributed by atoms with Crippen molar-refractivity contribution in [2.45, 2.75) is 128 Å². The summed E-state index contributed by atoms with van der Waals surface area (Å²) >= 11 is 1.89. The van der Waals surface area contributed by atoms with Crippen LogP contribution >= 0.6 is 0 Å². The Bertz CT molecular complexity index is 1050. The molecule has 1 N–H and O–H groups in total. The van der Waals surface area contributed by atoms with Gasteiger partial charge in [0.2, 0.25) is 0 Å². The van der Waals surface area contributed by atoms with E-state index in [-0.39, 0.29) is 30.2 Å². The zero-order valence-corrected chi connectivity index (χ0v) is 27.5. The van der Waals surface area contributed by atoms with Crippen LogP contribution in [0, 0.1) is 39.9 Å². The van der Waals surface area contributed by atoms with Crippen molar-refractivity contribution in [3.63, 3.8) is 0 Å². The monoisotopic (exact) mass is 594 g/mol. The first-order chi connectivity index (χ1) is 17.1. The van der Waals surface area contributed by atoms with Crippen molar-refractivity contribution >= 4 is 19.5 Å². The molecule has 9 rings (SSSR count). The van der Waals surface area contributed by atoms with Crippen molar-refractivity contribution in [2.24, 2.45) is 39.9 Å². The number of nitrogens with one attached hydrogen (secondary N) is 1. The van der Waals surface area contributed by atoms with Crippen molar-refractivity contribution < 1.29 is 50.3 Å². The first-order valence-corrected chi connectivity index (χ1v) is 17.8. The summed E-state index contributed by atoms with van der Waals surface area (Å²) < 4.78 is 3.11. The van der Waals surface area contributed by atoms with Crippen molar-refractivity contribution in [3.05, 3.63) is 11.1 Å². The summed E-state index contributed by atoms with van der Waals surface area (Å²) in [4.78, 5) is 13.0. The largest absolute Gasteiger partial charge is 1.00 e. The van der Waals surface area contributed by atoms with E-state index in [1.165, 1.54) is 89.9 Å². The maximum Gasteiger partial charge on any atom is -1.00 e. The molecule has 37 heavy (non-hydrogen) atoms. The average molecular weight is 596 g/mol. The van der Waals surface area contributed by atoms with Gasteiger partial charge in [-0.1, -0.05) is 52.4 Å². The van der Waals surface area contributed by atoms with Crippen LogP contribution in [0.3, 0.4) is 0 Å². The predicted octanol–water partition coefficient (Wildman–Crippen LogP) is 1.29. The van der Waals surface area contributed by atoms with Gasteiger partial charge in [-0.3, -0.25) is 0 Å². The van der Waals surface area contributed by atoms with Gasteiger partial charge >= 0.3 is 176 Å². The minimum Gasteiger partial charge on any atom is -1.00 e. The molecule has 0 aromatic carbocycles. The molecular formula is C31H46Cl2NOSiTi. The molecule has 1 aliphatic heterocycles. The molecule has 8 saturated carbocycles. The molecular weight excluding hydrogens is 549 g/mol. The van der Waals surface area contributed by atoms with Gasteiger partial charge in [-0.05, 0) is 0 Å². The summed E-state index contributed by atoms with van der Waals surface area (Å²) in [6.45, 7) is 9.86. The van der Waals surface area contributed by atoms with Gasteiger partial charge in [-0.25, -0.2) is 0 Å². The zero-order valence-electron chi connectivity index (χ0n) is 23.5. The molecule has 0 aromatic rings. The molecule has 0 aromatic heterocycles. The van der Waals surface area contributed by atoms with E-state index in [1.807, 2.05) is 37.0 Å². The van der Waals surface area contributed by atoms with E-state index in [1.54, 1.807) is 0 Å². The SMILES string of the molecule is CCCCCCCCC1=C(CCCCCC)C(CC)=[Si](C23C4C5CC26C2C5(C(=O)[NH][Ti+2])C26C43)C1C.[Cl-].[Cl-]. The van der Waals surface area contributed by atoms with E-state index >= 15 is 0 Å².